The summed E-state index contributed by atoms with van der Waals surface area (Å²) in [6.45, 7) is 1.02. The number of amides is 2. The molecular formula is C26H26N2O2. The number of nitrogens with one attached hydrogen (secondary N) is 1. The van der Waals surface area contributed by atoms with Crippen molar-refractivity contribution in [2.45, 2.75) is 24.8 Å². The van der Waals surface area contributed by atoms with Gasteiger partial charge in [-0.15, -0.1) is 0 Å². The zero-order chi connectivity index (χ0) is 20.8. The Hall–Kier alpha value is -3.40. The summed E-state index contributed by atoms with van der Waals surface area (Å²) in [6, 6.07) is 29.3. The van der Waals surface area contributed by atoms with E-state index in [1.54, 1.807) is 4.90 Å². The molecule has 0 aliphatic carbocycles. The van der Waals surface area contributed by atoms with Crippen LogP contribution in [0.25, 0.3) is 0 Å². The topological polar surface area (TPSA) is 49.4 Å². The lowest BCUT2D eigenvalue weighted by atomic mass is 9.89. The second-order valence-electron chi connectivity index (χ2n) is 7.62. The summed E-state index contributed by atoms with van der Waals surface area (Å²) in [7, 11) is 0. The fourth-order valence-electron chi connectivity index (χ4n) is 4.15. The molecule has 1 N–H and O–H groups in total. The molecule has 0 aromatic heterocycles. The van der Waals surface area contributed by atoms with Gasteiger partial charge in [-0.25, -0.2) is 0 Å². The van der Waals surface area contributed by atoms with Gasteiger partial charge in [0.15, 0.2) is 0 Å². The van der Waals surface area contributed by atoms with Crippen molar-refractivity contribution in [3.05, 3.63) is 108 Å². The number of nitrogens with zero attached hydrogens (tertiary/aromatic N) is 1. The first-order chi connectivity index (χ1) is 14.7. The first-order valence-electron chi connectivity index (χ1n) is 10.5. The molecule has 1 atom stereocenters. The van der Waals surface area contributed by atoms with Crippen LogP contribution in [0.4, 0.5) is 0 Å². The molecule has 2 amide bonds. The second-order valence-corrected chi connectivity index (χ2v) is 7.62. The van der Waals surface area contributed by atoms with Crippen molar-refractivity contribution in [3.63, 3.8) is 0 Å². The van der Waals surface area contributed by atoms with Crippen LogP contribution in [0.3, 0.4) is 0 Å². The average Bonchev–Trinajstić information content (AvgIpc) is 2.80. The Bertz CT molecular complexity index is 934. The minimum atomic E-state index is -0.457. The third kappa shape index (κ3) is 4.43. The normalized spacial score (nSPS) is 16.4. The molecule has 0 spiro atoms. The Kier molecular flexibility index (Phi) is 6.23. The Labute approximate surface area is 177 Å². The molecule has 1 fully saturated rings. The summed E-state index contributed by atoms with van der Waals surface area (Å²) in [5.74, 6) is -0.497. The summed E-state index contributed by atoms with van der Waals surface area (Å²) in [4.78, 5) is 28.3. The highest BCUT2D eigenvalue weighted by molar-refractivity contribution is 5.93. The van der Waals surface area contributed by atoms with E-state index in [-0.39, 0.29) is 11.8 Å². The molecule has 1 saturated heterocycles. The van der Waals surface area contributed by atoms with Gasteiger partial charge in [0.25, 0.3) is 0 Å². The Balaban J connectivity index is 1.62. The second kappa shape index (κ2) is 9.40. The third-order valence-electron chi connectivity index (χ3n) is 5.68. The lowest BCUT2D eigenvalue weighted by Crippen LogP contribution is -2.58. The van der Waals surface area contributed by atoms with E-state index in [0.29, 0.717) is 19.5 Å². The van der Waals surface area contributed by atoms with E-state index in [1.165, 1.54) is 5.56 Å². The molecule has 4 heteroatoms. The van der Waals surface area contributed by atoms with Crippen molar-refractivity contribution in [3.8, 4) is 0 Å². The largest absolute Gasteiger partial charge is 0.353 e. The summed E-state index contributed by atoms with van der Waals surface area (Å²) in [5, 5.41) is 2.94. The van der Waals surface area contributed by atoms with Crippen LogP contribution >= 0.6 is 0 Å². The van der Waals surface area contributed by atoms with E-state index in [2.05, 4.69) is 17.4 Å². The van der Waals surface area contributed by atoms with Gasteiger partial charge in [0.05, 0.1) is 5.92 Å². The van der Waals surface area contributed by atoms with Crippen LogP contribution in [0, 0.1) is 0 Å². The van der Waals surface area contributed by atoms with Crippen LogP contribution in [-0.2, 0) is 16.0 Å². The van der Waals surface area contributed by atoms with Crippen LogP contribution in [0.2, 0.25) is 0 Å². The van der Waals surface area contributed by atoms with Gasteiger partial charge in [0.1, 0.15) is 6.04 Å². The molecule has 1 unspecified atom stereocenters. The maximum Gasteiger partial charge on any atom is 0.242 e. The van der Waals surface area contributed by atoms with Gasteiger partial charge in [-0.3, -0.25) is 9.59 Å². The number of rotatable bonds is 6. The van der Waals surface area contributed by atoms with Gasteiger partial charge in [-0.1, -0.05) is 91.0 Å². The number of hydrogen-bond acceptors (Lipinski definition) is 2. The van der Waals surface area contributed by atoms with E-state index in [4.69, 9.17) is 0 Å². The van der Waals surface area contributed by atoms with E-state index in [1.807, 2.05) is 78.9 Å². The van der Waals surface area contributed by atoms with E-state index in [0.717, 1.165) is 17.5 Å². The summed E-state index contributed by atoms with van der Waals surface area (Å²) in [5.41, 5.74) is 3.06. The molecule has 3 aromatic rings. The van der Waals surface area contributed by atoms with Gasteiger partial charge in [-0.2, -0.15) is 0 Å². The molecule has 152 valence electrons. The fraction of sp³-hybridized carbons (Fsp3) is 0.231. The SMILES string of the molecule is O=C1NCCN(C(=O)C(c2ccccc2)c2ccccc2)C1CCc1ccccc1. The summed E-state index contributed by atoms with van der Waals surface area (Å²) in [6.07, 6.45) is 1.36. The molecule has 0 bridgehead atoms. The zero-order valence-electron chi connectivity index (χ0n) is 16.9. The quantitative estimate of drug-likeness (QED) is 0.687. The van der Waals surface area contributed by atoms with Crippen molar-refractivity contribution < 1.29 is 9.59 Å². The van der Waals surface area contributed by atoms with Crippen LogP contribution in [0.5, 0.6) is 0 Å². The van der Waals surface area contributed by atoms with Crippen molar-refractivity contribution in [1.82, 2.24) is 10.2 Å². The minimum Gasteiger partial charge on any atom is -0.353 e. The van der Waals surface area contributed by atoms with E-state index >= 15 is 0 Å². The first kappa shape index (κ1) is 19.9. The lowest BCUT2D eigenvalue weighted by molar-refractivity contribution is -0.144. The van der Waals surface area contributed by atoms with Crippen LogP contribution < -0.4 is 5.32 Å². The number of hydrogen-bond donors (Lipinski definition) is 1. The number of benzene rings is 3. The van der Waals surface area contributed by atoms with Gasteiger partial charge in [0, 0.05) is 13.1 Å². The molecule has 1 aliphatic heterocycles. The molecule has 1 aliphatic rings. The van der Waals surface area contributed by atoms with Gasteiger partial charge >= 0.3 is 0 Å². The molecule has 3 aromatic carbocycles. The van der Waals surface area contributed by atoms with E-state index < -0.39 is 12.0 Å². The minimum absolute atomic E-state index is 0.0136. The lowest BCUT2D eigenvalue weighted by Gasteiger charge is -2.37. The Morgan fingerprint density at radius 3 is 1.97 bits per heavy atom. The highest BCUT2D eigenvalue weighted by atomic mass is 16.2. The molecule has 1 heterocycles. The fourth-order valence-corrected chi connectivity index (χ4v) is 4.15. The van der Waals surface area contributed by atoms with Crippen molar-refractivity contribution >= 4 is 11.8 Å². The predicted molar refractivity (Wildman–Crippen MR) is 118 cm³/mol. The molecule has 0 saturated carbocycles. The van der Waals surface area contributed by atoms with E-state index in [9.17, 15) is 9.59 Å². The summed E-state index contributed by atoms with van der Waals surface area (Å²) >= 11 is 0. The van der Waals surface area contributed by atoms with Gasteiger partial charge in [-0.05, 0) is 29.5 Å². The Morgan fingerprint density at radius 2 is 1.40 bits per heavy atom. The van der Waals surface area contributed by atoms with Gasteiger partial charge < -0.3 is 10.2 Å². The van der Waals surface area contributed by atoms with Crippen LogP contribution in [0.15, 0.2) is 91.0 Å². The number of aryl methyl sites for hydroxylation is 1. The van der Waals surface area contributed by atoms with Crippen molar-refractivity contribution in [2.75, 3.05) is 13.1 Å². The highest BCUT2D eigenvalue weighted by Gasteiger charge is 2.37. The first-order valence-corrected chi connectivity index (χ1v) is 10.5. The summed E-state index contributed by atoms with van der Waals surface area (Å²) < 4.78 is 0. The molecule has 30 heavy (non-hydrogen) atoms. The number of carbonyl (C=O) groups excluding carboxylic acids is 2. The van der Waals surface area contributed by atoms with Crippen molar-refractivity contribution in [1.29, 1.82) is 0 Å². The highest BCUT2D eigenvalue weighted by Crippen LogP contribution is 2.29. The van der Waals surface area contributed by atoms with Crippen LogP contribution in [-0.4, -0.2) is 35.8 Å². The Morgan fingerprint density at radius 1 is 0.867 bits per heavy atom. The van der Waals surface area contributed by atoms with Crippen LogP contribution in [0.1, 0.15) is 29.0 Å². The standard InChI is InChI=1S/C26H26N2O2/c29-25-23(17-16-20-10-4-1-5-11-20)28(19-18-27-25)26(30)24(21-12-6-2-7-13-21)22-14-8-3-9-15-22/h1-15,23-24H,16-19H2,(H,27,29). The predicted octanol–water partition coefficient (Wildman–Crippen LogP) is 3.78. The average molecular weight is 399 g/mol. The number of carbonyl (C=O) groups is 2. The smallest absolute Gasteiger partial charge is 0.242 e. The maximum absolute atomic E-state index is 13.8. The molecule has 0 radical (unpaired) electrons. The molecule has 4 nitrogen and oxygen atoms in total. The molecule has 4 rings (SSSR count). The van der Waals surface area contributed by atoms with Crippen molar-refractivity contribution in [2.24, 2.45) is 0 Å². The third-order valence-corrected chi connectivity index (χ3v) is 5.68. The monoisotopic (exact) mass is 398 g/mol. The number of piperazine rings is 1. The molecular weight excluding hydrogens is 372 g/mol. The maximum atomic E-state index is 13.8. The van der Waals surface area contributed by atoms with Gasteiger partial charge in [0.2, 0.25) is 11.8 Å². The zero-order valence-corrected chi connectivity index (χ0v) is 16.9.